The maximum absolute atomic E-state index is 12.2. The summed E-state index contributed by atoms with van der Waals surface area (Å²) in [6, 6.07) is 4.27. The highest BCUT2D eigenvalue weighted by molar-refractivity contribution is 8.01. The second-order valence-corrected chi connectivity index (χ2v) is 8.97. The molecule has 0 spiro atoms. The van der Waals surface area contributed by atoms with Crippen LogP contribution in [0.4, 0.5) is 10.8 Å². The standard InChI is InChI=1S/C12H13ClN4O3S3/c1-3-21-12-16-15-11(22-12)14-10(18)8-5-4-7(6-9(8)13)17-23(2,19)20/h4-6,17H,3H2,1-2H3,(H,14,15,18). The maximum atomic E-state index is 12.2. The monoisotopic (exact) mass is 392 g/mol. The summed E-state index contributed by atoms with van der Waals surface area (Å²) in [6.07, 6.45) is 1.03. The van der Waals surface area contributed by atoms with E-state index >= 15 is 0 Å². The molecule has 0 atom stereocenters. The lowest BCUT2D eigenvalue weighted by molar-refractivity contribution is 0.102. The molecule has 0 aliphatic carbocycles. The molecule has 2 aromatic rings. The molecule has 1 aromatic heterocycles. The van der Waals surface area contributed by atoms with Crippen LogP contribution in [0, 0.1) is 0 Å². The van der Waals surface area contributed by atoms with E-state index in [4.69, 9.17) is 11.6 Å². The lowest BCUT2D eigenvalue weighted by Gasteiger charge is -2.07. The van der Waals surface area contributed by atoms with Crippen molar-refractivity contribution in [2.45, 2.75) is 11.3 Å². The summed E-state index contributed by atoms with van der Waals surface area (Å²) in [7, 11) is -3.41. The molecular formula is C12H13ClN4O3S3. The average Bonchev–Trinajstić information content (AvgIpc) is 2.84. The first kappa shape index (κ1) is 18.0. The minimum absolute atomic E-state index is 0.129. The number of halogens is 1. The summed E-state index contributed by atoms with van der Waals surface area (Å²) in [5.41, 5.74) is 0.497. The molecule has 0 radical (unpaired) electrons. The lowest BCUT2D eigenvalue weighted by atomic mass is 10.2. The third kappa shape index (κ3) is 5.34. The zero-order chi connectivity index (χ0) is 17.0. The smallest absolute Gasteiger partial charge is 0.259 e. The third-order valence-electron chi connectivity index (χ3n) is 2.41. The highest BCUT2D eigenvalue weighted by Gasteiger charge is 2.14. The Bertz CT molecular complexity index is 823. The topological polar surface area (TPSA) is 101 Å². The Labute approximate surface area is 146 Å². The van der Waals surface area contributed by atoms with Gasteiger partial charge in [-0.3, -0.25) is 14.8 Å². The van der Waals surface area contributed by atoms with Gasteiger partial charge in [0, 0.05) is 5.69 Å². The molecule has 1 heterocycles. The molecule has 11 heteroatoms. The minimum atomic E-state index is -3.41. The summed E-state index contributed by atoms with van der Waals surface area (Å²) in [6.45, 7) is 2.00. The molecule has 0 aliphatic heterocycles. The third-order valence-corrected chi connectivity index (χ3v) is 5.19. The van der Waals surface area contributed by atoms with E-state index < -0.39 is 15.9 Å². The van der Waals surface area contributed by atoms with Crippen molar-refractivity contribution >= 4 is 61.4 Å². The molecule has 0 aliphatic rings. The fourth-order valence-corrected chi connectivity index (χ4v) is 4.05. The number of aromatic nitrogens is 2. The minimum Gasteiger partial charge on any atom is -0.296 e. The number of nitrogens with one attached hydrogen (secondary N) is 2. The Morgan fingerprint density at radius 1 is 1.39 bits per heavy atom. The molecule has 2 rings (SSSR count). The van der Waals surface area contributed by atoms with Crippen molar-refractivity contribution in [2.24, 2.45) is 0 Å². The van der Waals surface area contributed by atoms with Crippen LogP contribution in [0.3, 0.4) is 0 Å². The van der Waals surface area contributed by atoms with Crippen molar-refractivity contribution in [3.63, 3.8) is 0 Å². The largest absolute Gasteiger partial charge is 0.296 e. The molecule has 1 amide bonds. The van der Waals surface area contributed by atoms with Gasteiger partial charge >= 0.3 is 0 Å². The van der Waals surface area contributed by atoms with Crippen molar-refractivity contribution in [1.82, 2.24) is 10.2 Å². The van der Waals surface area contributed by atoms with Gasteiger partial charge < -0.3 is 0 Å². The molecule has 0 fully saturated rings. The van der Waals surface area contributed by atoms with Crippen LogP contribution < -0.4 is 10.0 Å². The van der Waals surface area contributed by atoms with E-state index in [-0.39, 0.29) is 16.3 Å². The fourth-order valence-electron chi connectivity index (χ4n) is 1.58. The second-order valence-electron chi connectivity index (χ2n) is 4.33. The highest BCUT2D eigenvalue weighted by atomic mass is 35.5. The molecule has 1 aromatic carbocycles. The zero-order valence-electron chi connectivity index (χ0n) is 12.2. The van der Waals surface area contributed by atoms with Gasteiger partial charge in [0.25, 0.3) is 5.91 Å². The zero-order valence-corrected chi connectivity index (χ0v) is 15.4. The number of nitrogens with zero attached hydrogens (tertiary/aromatic N) is 2. The molecule has 0 unspecified atom stereocenters. The number of carbonyl (C=O) groups excluding carboxylic acids is 1. The van der Waals surface area contributed by atoms with Gasteiger partial charge in [-0.1, -0.05) is 41.6 Å². The molecule has 7 nitrogen and oxygen atoms in total. The second kappa shape index (κ2) is 7.47. The first-order chi connectivity index (χ1) is 10.8. The molecular weight excluding hydrogens is 380 g/mol. The number of carbonyl (C=O) groups is 1. The van der Waals surface area contributed by atoms with Crippen molar-refractivity contribution < 1.29 is 13.2 Å². The number of anilines is 2. The van der Waals surface area contributed by atoms with E-state index in [0.29, 0.717) is 5.13 Å². The summed E-state index contributed by atoms with van der Waals surface area (Å²) in [5, 5.41) is 10.9. The van der Waals surface area contributed by atoms with Gasteiger partial charge in [0.05, 0.1) is 16.8 Å². The van der Waals surface area contributed by atoms with Gasteiger partial charge in [0.2, 0.25) is 15.2 Å². The lowest BCUT2D eigenvalue weighted by Crippen LogP contribution is -2.13. The van der Waals surface area contributed by atoms with Crippen LogP contribution in [-0.2, 0) is 10.0 Å². The van der Waals surface area contributed by atoms with Crippen LogP contribution >= 0.6 is 34.7 Å². The Kier molecular flexibility index (Phi) is 5.84. The summed E-state index contributed by atoms with van der Waals surface area (Å²) in [4.78, 5) is 12.2. The molecule has 0 saturated carbocycles. The van der Waals surface area contributed by atoms with Gasteiger partial charge in [-0.05, 0) is 24.0 Å². The quantitative estimate of drug-likeness (QED) is 0.579. The van der Waals surface area contributed by atoms with Gasteiger partial charge in [0.15, 0.2) is 4.34 Å². The number of benzene rings is 1. The Morgan fingerprint density at radius 2 is 2.13 bits per heavy atom. The highest BCUT2D eigenvalue weighted by Crippen LogP contribution is 2.27. The number of thioether (sulfide) groups is 1. The van der Waals surface area contributed by atoms with Crippen LogP contribution in [0.5, 0.6) is 0 Å². The summed E-state index contributed by atoms with van der Waals surface area (Å²) >= 11 is 8.85. The van der Waals surface area contributed by atoms with Gasteiger partial charge in [-0.25, -0.2) is 8.42 Å². The van der Waals surface area contributed by atoms with E-state index in [0.717, 1.165) is 16.3 Å². The normalized spacial score (nSPS) is 11.3. The number of hydrogen-bond donors (Lipinski definition) is 2. The average molecular weight is 393 g/mol. The van der Waals surface area contributed by atoms with Crippen molar-refractivity contribution in [2.75, 3.05) is 22.0 Å². The Morgan fingerprint density at radius 3 is 2.74 bits per heavy atom. The van der Waals surface area contributed by atoms with Crippen LogP contribution in [0.1, 0.15) is 17.3 Å². The SMILES string of the molecule is CCSc1nnc(NC(=O)c2ccc(NS(C)(=O)=O)cc2Cl)s1. The number of sulfonamides is 1. The van der Waals surface area contributed by atoms with Crippen molar-refractivity contribution in [3.05, 3.63) is 28.8 Å². The molecule has 2 N–H and O–H groups in total. The Balaban J connectivity index is 2.12. The summed E-state index contributed by atoms with van der Waals surface area (Å²) in [5.74, 6) is 0.425. The van der Waals surface area contributed by atoms with Crippen molar-refractivity contribution in [3.8, 4) is 0 Å². The predicted octanol–water partition coefficient (Wildman–Crippen LogP) is 2.93. The van der Waals surface area contributed by atoms with E-state index in [2.05, 4.69) is 20.2 Å². The maximum Gasteiger partial charge on any atom is 0.259 e. The summed E-state index contributed by atoms with van der Waals surface area (Å²) < 4.78 is 25.4. The van der Waals surface area contributed by atoms with E-state index in [9.17, 15) is 13.2 Å². The Hall–Kier alpha value is -1.36. The predicted molar refractivity (Wildman–Crippen MR) is 94.2 cm³/mol. The molecule has 23 heavy (non-hydrogen) atoms. The molecule has 124 valence electrons. The van der Waals surface area contributed by atoms with E-state index in [1.54, 1.807) is 0 Å². The number of amides is 1. The molecule has 0 saturated heterocycles. The number of hydrogen-bond acceptors (Lipinski definition) is 7. The first-order valence-corrected chi connectivity index (χ1v) is 10.4. The van der Waals surface area contributed by atoms with Crippen LogP contribution in [0.25, 0.3) is 0 Å². The first-order valence-electron chi connectivity index (χ1n) is 6.33. The van der Waals surface area contributed by atoms with Crippen LogP contribution in [-0.4, -0.2) is 36.5 Å². The van der Waals surface area contributed by atoms with Crippen LogP contribution in [0.15, 0.2) is 22.5 Å². The van der Waals surface area contributed by atoms with Crippen LogP contribution in [0.2, 0.25) is 5.02 Å². The van der Waals surface area contributed by atoms with Gasteiger partial charge in [-0.15, -0.1) is 10.2 Å². The number of rotatable bonds is 6. The van der Waals surface area contributed by atoms with E-state index in [1.807, 2.05) is 6.92 Å². The molecule has 0 bridgehead atoms. The fraction of sp³-hybridized carbons (Fsp3) is 0.250. The van der Waals surface area contributed by atoms with Crippen molar-refractivity contribution in [1.29, 1.82) is 0 Å². The van der Waals surface area contributed by atoms with Gasteiger partial charge in [0.1, 0.15) is 0 Å². The van der Waals surface area contributed by atoms with Gasteiger partial charge in [-0.2, -0.15) is 0 Å². The van der Waals surface area contributed by atoms with E-state index in [1.165, 1.54) is 41.3 Å².